The summed E-state index contributed by atoms with van der Waals surface area (Å²) in [4.78, 5) is 16.4. The molecule has 1 aromatic heterocycles. The molecule has 0 aliphatic rings. The summed E-state index contributed by atoms with van der Waals surface area (Å²) in [5.74, 6) is -2.16. The zero-order chi connectivity index (χ0) is 16.7. The summed E-state index contributed by atoms with van der Waals surface area (Å²) >= 11 is 1.10. The molecular weight excluding hydrogens is 326 g/mol. The first-order valence-electron chi connectivity index (χ1n) is 7.00. The predicted molar refractivity (Wildman–Crippen MR) is 82.3 cm³/mol. The lowest BCUT2D eigenvalue weighted by Gasteiger charge is -2.03. The van der Waals surface area contributed by atoms with Crippen LogP contribution in [0.15, 0.2) is 24.4 Å². The quantitative estimate of drug-likeness (QED) is 0.722. The van der Waals surface area contributed by atoms with Crippen LogP contribution in [0.5, 0.6) is 0 Å². The van der Waals surface area contributed by atoms with Gasteiger partial charge in [0.15, 0.2) is 11.6 Å². The maximum atomic E-state index is 13.2. The van der Waals surface area contributed by atoms with E-state index < -0.39 is 11.6 Å². The van der Waals surface area contributed by atoms with Gasteiger partial charge < -0.3 is 15.2 Å². The van der Waals surface area contributed by atoms with Crippen LogP contribution in [0.2, 0.25) is 0 Å². The van der Waals surface area contributed by atoms with Crippen LogP contribution >= 0.6 is 11.3 Å². The number of carbonyl (C=O) groups is 1. The fourth-order valence-corrected chi connectivity index (χ4v) is 2.60. The van der Waals surface area contributed by atoms with Gasteiger partial charge in [0.2, 0.25) is 0 Å². The van der Waals surface area contributed by atoms with Gasteiger partial charge in [0, 0.05) is 18.7 Å². The maximum Gasteiger partial charge on any atom is 0.263 e. The van der Waals surface area contributed by atoms with Crippen LogP contribution in [-0.2, 0) is 4.74 Å². The van der Waals surface area contributed by atoms with E-state index in [-0.39, 0.29) is 19.1 Å². The SMILES string of the molecule is O=C(NCCCOCCO)c1cnc(-c2ccc(F)c(F)c2)s1. The minimum Gasteiger partial charge on any atom is -0.394 e. The maximum absolute atomic E-state index is 13.2. The molecule has 5 nitrogen and oxygen atoms in total. The number of ether oxygens (including phenoxy) is 1. The van der Waals surface area contributed by atoms with Gasteiger partial charge in [0.1, 0.15) is 9.88 Å². The third-order valence-corrected chi connectivity index (χ3v) is 3.93. The van der Waals surface area contributed by atoms with E-state index in [0.717, 1.165) is 23.5 Å². The van der Waals surface area contributed by atoms with E-state index in [1.807, 2.05) is 0 Å². The fraction of sp³-hybridized carbons (Fsp3) is 0.333. The molecule has 0 aliphatic heterocycles. The predicted octanol–water partition coefficient (Wildman–Crippen LogP) is 2.22. The Bertz CT molecular complexity index is 664. The molecule has 0 bridgehead atoms. The third-order valence-electron chi connectivity index (χ3n) is 2.88. The smallest absolute Gasteiger partial charge is 0.263 e. The summed E-state index contributed by atoms with van der Waals surface area (Å²) in [6.07, 6.45) is 2.03. The minimum absolute atomic E-state index is 0.0278. The van der Waals surface area contributed by atoms with Crippen molar-refractivity contribution in [2.45, 2.75) is 6.42 Å². The molecule has 23 heavy (non-hydrogen) atoms. The van der Waals surface area contributed by atoms with E-state index >= 15 is 0 Å². The van der Waals surface area contributed by atoms with Crippen LogP contribution in [-0.4, -0.2) is 42.4 Å². The number of rotatable bonds is 8. The highest BCUT2D eigenvalue weighted by molar-refractivity contribution is 7.16. The summed E-state index contributed by atoms with van der Waals surface area (Å²) in [5.41, 5.74) is 0.422. The van der Waals surface area contributed by atoms with Crippen molar-refractivity contribution in [3.63, 3.8) is 0 Å². The second-order valence-electron chi connectivity index (χ2n) is 4.60. The van der Waals surface area contributed by atoms with E-state index in [4.69, 9.17) is 9.84 Å². The molecule has 0 fully saturated rings. The number of benzene rings is 1. The van der Waals surface area contributed by atoms with Crippen LogP contribution in [0.3, 0.4) is 0 Å². The average molecular weight is 342 g/mol. The Morgan fingerprint density at radius 2 is 2.13 bits per heavy atom. The Morgan fingerprint density at radius 3 is 2.87 bits per heavy atom. The monoisotopic (exact) mass is 342 g/mol. The molecule has 0 radical (unpaired) electrons. The molecule has 124 valence electrons. The molecule has 0 atom stereocenters. The van der Waals surface area contributed by atoms with Crippen molar-refractivity contribution < 1.29 is 23.4 Å². The Kier molecular flexibility index (Phi) is 6.57. The van der Waals surface area contributed by atoms with Crippen LogP contribution in [0.4, 0.5) is 8.78 Å². The molecule has 2 rings (SSSR count). The van der Waals surface area contributed by atoms with Gasteiger partial charge in [0.25, 0.3) is 5.91 Å². The number of hydrogen-bond acceptors (Lipinski definition) is 5. The lowest BCUT2D eigenvalue weighted by molar-refractivity contribution is 0.0869. The molecule has 0 aliphatic carbocycles. The number of aliphatic hydroxyl groups is 1. The van der Waals surface area contributed by atoms with E-state index in [2.05, 4.69) is 10.3 Å². The van der Waals surface area contributed by atoms with Crippen molar-refractivity contribution >= 4 is 17.2 Å². The van der Waals surface area contributed by atoms with Gasteiger partial charge >= 0.3 is 0 Å². The van der Waals surface area contributed by atoms with Crippen LogP contribution < -0.4 is 5.32 Å². The highest BCUT2D eigenvalue weighted by Crippen LogP contribution is 2.26. The van der Waals surface area contributed by atoms with Gasteiger partial charge in [-0.1, -0.05) is 0 Å². The largest absolute Gasteiger partial charge is 0.394 e. The Labute approximate surface area is 135 Å². The molecule has 1 heterocycles. The molecule has 0 spiro atoms. The first kappa shape index (κ1) is 17.5. The van der Waals surface area contributed by atoms with Gasteiger partial charge in [-0.3, -0.25) is 4.79 Å². The molecule has 8 heteroatoms. The first-order valence-corrected chi connectivity index (χ1v) is 7.81. The van der Waals surface area contributed by atoms with Gasteiger partial charge in [-0.15, -0.1) is 11.3 Å². The van der Waals surface area contributed by atoms with E-state index in [0.29, 0.717) is 35.0 Å². The Morgan fingerprint density at radius 1 is 1.30 bits per heavy atom. The van der Waals surface area contributed by atoms with Gasteiger partial charge in [-0.25, -0.2) is 13.8 Å². The second-order valence-corrected chi connectivity index (χ2v) is 5.63. The van der Waals surface area contributed by atoms with E-state index in [1.54, 1.807) is 0 Å². The van der Waals surface area contributed by atoms with E-state index in [1.165, 1.54) is 12.3 Å². The van der Waals surface area contributed by atoms with E-state index in [9.17, 15) is 13.6 Å². The number of aromatic nitrogens is 1. The van der Waals surface area contributed by atoms with Crippen molar-refractivity contribution in [2.24, 2.45) is 0 Å². The number of carbonyl (C=O) groups excluding carboxylic acids is 1. The van der Waals surface area contributed by atoms with Crippen LogP contribution in [0.1, 0.15) is 16.1 Å². The number of hydrogen-bond donors (Lipinski definition) is 2. The highest BCUT2D eigenvalue weighted by Gasteiger charge is 2.12. The van der Waals surface area contributed by atoms with Gasteiger partial charge in [-0.05, 0) is 24.6 Å². The molecule has 0 saturated heterocycles. The Balaban J connectivity index is 1.88. The number of nitrogens with one attached hydrogen (secondary N) is 1. The number of halogens is 2. The molecule has 1 aromatic carbocycles. The standard InChI is InChI=1S/C15H16F2N2O3S/c16-11-3-2-10(8-12(11)17)15-19-9-13(23-15)14(21)18-4-1-6-22-7-5-20/h2-3,8-9,20H,1,4-7H2,(H,18,21). The molecule has 2 aromatic rings. The van der Waals surface area contributed by atoms with Crippen molar-refractivity contribution in [1.82, 2.24) is 10.3 Å². The minimum atomic E-state index is -0.952. The third kappa shape index (κ3) is 5.05. The molecule has 2 N–H and O–H groups in total. The molecular formula is C15H16F2N2O3S. The van der Waals surface area contributed by atoms with Crippen molar-refractivity contribution in [3.05, 3.63) is 40.9 Å². The zero-order valence-corrected chi connectivity index (χ0v) is 13.0. The number of nitrogens with zero attached hydrogens (tertiary/aromatic N) is 1. The second kappa shape index (κ2) is 8.66. The first-order chi connectivity index (χ1) is 11.1. The van der Waals surface area contributed by atoms with Gasteiger partial charge in [0.05, 0.1) is 19.4 Å². The lowest BCUT2D eigenvalue weighted by atomic mass is 10.2. The number of thiazole rings is 1. The fourth-order valence-electron chi connectivity index (χ4n) is 1.77. The lowest BCUT2D eigenvalue weighted by Crippen LogP contribution is -2.24. The summed E-state index contributed by atoms with van der Waals surface area (Å²) in [6.45, 7) is 1.13. The normalized spacial score (nSPS) is 10.7. The summed E-state index contributed by atoms with van der Waals surface area (Å²) in [7, 11) is 0. The van der Waals surface area contributed by atoms with Gasteiger partial charge in [-0.2, -0.15) is 0 Å². The highest BCUT2D eigenvalue weighted by atomic mass is 32.1. The summed E-state index contributed by atoms with van der Waals surface area (Å²) in [5, 5.41) is 11.7. The number of aliphatic hydroxyl groups excluding tert-OH is 1. The summed E-state index contributed by atoms with van der Waals surface area (Å²) < 4.78 is 31.2. The van der Waals surface area contributed by atoms with Crippen molar-refractivity contribution in [1.29, 1.82) is 0 Å². The van der Waals surface area contributed by atoms with Crippen molar-refractivity contribution in [3.8, 4) is 10.6 Å². The van der Waals surface area contributed by atoms with Crippen molar-refractivity contribution in [2.75, 3.05) is 26.4 Å². The zero-order valence-electron chi connectivity index (χ0n) is 12.2. The molecule has 0 saturated carbocycles. The number of amides is 1. The summed E-state index contributed by atoms with van der Waals surface area (Å²) in [6, 6.07) is 3.49. The average Bonchev–Trinajstić information content (AvgIpc) is 3.03. The van der Waals surface area contributed by atoms with Crippen LogP contribution in [0, 0.1) is 11.6 Å². The molecule has 1 amide bonds. The Hall–Kier alpha value is -1.90. The van der Waals surface area contributed by atoms with Crippen LogP contribution in [0.25, 0.3) is 10.6 Å². The topological polar surface area (TPSA) is 71.5 Å². The molecule has 0 unspecified atom stereocenters.